The van der Waals surface area contributed by atoms with Gasteiger partial charge < -0.3 is 9.80 Å². The average molecular weight is 437 g/mol. The Morgan fingerprint density at radius 3 is 2.50 bits per heavy atom. The van der Waals surface area contributed by atoms with Gasteiger partial charge in [0.1, 0.15) is 0 Å². The minimum absolute atomic E-state index is 0.0277. The standard InChI is InChI=1S/C26H36N4O2/c1-3-4-17-28(2)25(31)20-15-18-29(19-16-20)26(32)24-22-13-9-6-10-14-23(22)30(27-24)21-11-7-5-8-12-21/h5,7-8,11-12,20H,3-4,6,9-10,13-19H2,1-2H3. The van der Waals surface area contributed by atoms with Crippen molar-refractivity contribution in [3.8, 4) is 5.69 Å². The summed E-state index contributed by atoms with van der Waals surface area (Å²) in [7, 11) is 1.90. The Morgan fingerprint density at radius 2 is 1.78 bits per heavy atom. The fraction of sp³-hybridized carbons (Fsp3) is 0.577. The van der Waals surface area contributed by atoms with E-state index in [4.69, 9.17) is 5.10 Å². The number of likely N-dealkylation sites (tertiary alicyclic amines) is 1. The number of fused-ring (bicyclic) bond motifs is 1. The van der Waals surface area contributed by atoms with Crippen LogP contribution in [-0.4, -0.2) is 58.1 Å². The maximum Gasteiger partial charge on any atom is 0.274 e. The SMILES string of the molecule is CCCCN(C)C(=O)C1CCN(C(=O)c2nn(-c3ccccc3)c3c2CCCCC3)CC1. The number of nitrogens with zero attached hydrogens (tertiary/aromatic N) is 4. The van der Waals surface area contributed by atoms with Crippen LogP contribution in [0.5, 0.6) is 0 Å². The number of aromatic nitrogens is 2. The van der Waals surface area contributed by atoms with Gasteiger partial charge in [-0.15, -0.1) is 0 Å². The second kappa shape index (κ2) is 10.3. The van der Waals surface area contributed by atoms with E-state index in [1.54, 1.807) is 0 Å². The van der Waals surface area contributed by atoms with Crippen molar-refractivity contribution < 1.29 is 9.59 Å². The van der Waals surface area contributed by atoms with Gasteiger partial charge in [0.15, 0.2) is 5.69 Å². The molecule has 172 valence electrons. The molecule has 1 aliphatic heterocycles. The Balaban J connectivity index is 1.49. The number of rotatable bonds is 6. The molecule has 0 radical (unpaired) electrons. The van der Waals surface area contributed by atoms with Crippen molar-refractivity contribution >= 4 is 11.8 Å². The third-order valence-electron chi connectivity index (χ3n) is 6.99. The van der Waals surface area contributed by atoms with Crippen LogP contribution in [0.2, 0.25) is 0 Å². The molecular weight excluding hydrogens is 400 g/mol. The lowest BCUT2D eigenvalue weighted by Crippen LogP contribution is -2.44. The van der Waals surface area contributed by atoms with Gasteiger partial charge in [0, 0.05) is 43.9 Å². The topological polar surface area (TPSA) is 58.4 Å². The smallest absolute Gasteiger partial charge is 0.274 e. The van der Waals surface area contributed by atoms with E-state index in [1.807, 2.05) is 39.7 Å². The first kappa shape index (κ1) is 22.6. The number of carbonyl (C=O) groups is 2. The number of hydrogen-bond acceptors (Lipinski definition) is 3. The van der Waals surface area contributed by atoms with Crippen LogP contribution in [0, 0.1) is 5.92 Å². The Labute approximate surface area is 191 Å². The molecule has 0 saturated carbocycles. The third kappa shape index (κ3) is 4.74. The molecule has 6 heteroatoms. The summed E-state index contributed by atoms with van der Waals surface area (Å²) in [5, 5.41) is 4.85. The number of piperidine rings is 1. The van der Waals surface area contributed by atoms with Crippen molar-refractivity contribution in [3.05, 3.63) is 47.3 Å². The highest BCUT2D eigenvalue weighted by Crippen LogP contribution is 2.28. The third-order valence-corrected chi connectivity index (χ3v) is 6.99. The lowest BCUT2D eigenvalue weighted by molar-refractivity contribution is -0.135. The predicted molar refractivity (Wildman–Crippen MR) is 126 cm³/mol. The summed E-state index contributed by atoms with van der Waals surface area (Å²) < 4.78 is 1.99. The fourth-order valence-electron chi connectivity index (χ4n) is 5.03. The fourth-order valence-corrected chi connectivity index (χ4v) is 5.03. The number of hydrogen-bond donors (Lipinski definition) is 0. The van der Waals surface area contributed by atoms with E-state index in [-0.39, 0.29) is 17.7 Å². The van der Waals surface area contributed by atoms with Crippen LogP contribution in [0.1, 0.15) is 73.6 Å². The quantitative estimate of drug-likeness (QED) is 0.636. The van der Waals surface area contributed by atoms with Gasteiger partial charge in [0.25, 0.3) is 5.91 Å². The molecule has 32 heavy (non-hydrogen) atoms. The molecule has 1 aromatic heterocycles. The van der Waals surface area contributed by atoms with E-state index in [9.17, 15) is 9.59 Å². The molecule has 0 atom stereocenters. The lowest BCUT2D eigenvalue weighted by atomic mass is 9.94. The van der Waals surface area contributed by atoms with Crippen LogP contribution in [0.3, 0.4) is 0 Å². The largest absolute Gasteiger partial charge is 0.346 e. The molecule has 1 aliphatic carbocycles. The van der Waals surface area contributed by atoms with Crippen molar-refractivity contribution in [1.29, 1.82) is 0 Å². The van der Waals surface area contributed by atoms with Gasteiger partial charge in [-0.05, 0) is 57.1 Å². The van der Waals surface area contributed by atoms with E-state index in [2.05, 4.69) is 19.1 Å². The molecule has 1 aromatic carbocycles. The molecule has 1 fully saturated rings. The van der Waals surface area contributed by atoms with Crippen LogP contribution in [0.4, 0.5) is 0 Å². The molecule has 0 bridgehead atoms. The minimum Gasteiger partial charge on any atom is -0.346 e. The van der Waals surface area contributed by atoms with Crippen molar-refractivity contribution in [3.63, 3.8) is 0 Å². The van der Waals surface area contributed by atoms with Gasteiger partial charge in [-0.3, -0.25) is 9.59 Å². The molecule has 0 spiro atoms. The van der Waals surface area contributed by atoms with Gasteiger partial charge in [-0.2, -0.15) is 5.10 Å². The molecule has 4 rings (SSSR count). The van der Waals surface area contributed by atoms with Crippen molar-refractivity contribution in [1.82, 2.24) is 19.6 Å². The van der Waals surface area contributed by atoms with Crippen molar-refractivity contribution in [2.24, 2.45) is 5.92 Å². The zero-order valence-electron chi connectivity index (χ0n) is 19.6. The van der Waals surface area contributed by atoms with Gasteiger partial charge in [-0.1, -0.05) is 38.0 Å². The number of benzene rings is 1. The zero-order chi connectivity index (χ0) is 22.5. The summed E-state index contributed by atoms with van der Waals surface area (Å²) in [6.45, 7) is 4.22. The normalized spacial score (nSPS) is 17.0. The second-order valence-electron chi connectivity index (χ2n) is 9.26. The Hall–Kier alpha value is -2.63. The van der Waals surface area contributed by atoms with E-state index in [0.717, 1.165) is 69.2 Å². The summed E-state index contributed by atoms with van der Waals surface area (Å²) in [6.07, 6.45) is 8.92. The van der Waals surface area contributed by atoms with Crippen molar-refractivity contribution in [2.75, 3.05) is 26.7 Å². The molecule has 0 unspecified atom stereocenters. The summed E-state index contributed by atoms with van der Waals surface area (Å²) in [5.74, 6) is 0.288. The Kier molecular flexibility index (Phi) is 7.28. The van der Waals surface area contributed by atoms with Crippen LogP contribution < -0.4 is 0 Å². The second-order valence-corrected chi connectivity index (χ2v) is 9.26. The maximum atomic E-state index is 13.5. The number of para-hydroxylation sites is 1. The molecule has 6 nitrogen and oxygen atoms in total. The number of unbranched alkanes of at least 4 members (excludes halogenated alkanes) is 1. The van der Waals surface area contributed by atoms with Crippen LogP contribution in [0.25, 0.3) is 5.69 Å². The summed E-state index contributed by atoms with van der Waals surface area (Å²) in [5.41, 5.74) is 3.97. The first-order valence-electron chi connectivity index (χ1n) is 12.3. The van der Waals surface area contributed by atoms with Crippen LogP contribution in [-0.2, 0) is 17.6 Å². The van der Waals surface area contributed by atoms with Gasteiger partial charge in [0.05, 0.1) is 5.69 Å². The Bertz CT molecular complexity index is 929. The van der Waals surface area contributed by atoms with Crippen molar-refractivity contribution in [2.45, 2.75) is 64.7 Å². The molecule has 1 saturated heterocycles. The van der Waals surface area contributed by atoms with E-state index < -0.39 is 0 Å². The molecule has 2 heterocycles. The molecule has 0 N–H and O–H groups in total. The van der Waals surface area contributed by atoms with Gasteiger partial charge in [-0.25, -0.2) is 4.68 Å². The van der Waals surface area contributed by atoms with E-state index in [0.29, 0.717) is 18.8 Å². The summed E-state index contributed by atoms with van der Waals surface area (Å²) >= 11 is 0. The lowest BCUT2D eigenvalue weighted by Gasteiger charge is -2.33. The minimum atomic E-state index is 0.0277. The van der Waals surface area contributed by atoms with E-state index >= 15 is 0 Å². The monoisotopic (exact) mass is 436 g/mol. The molecule has 2 aliphatic rings. The highest BCUT2D eigenvalue weighted by atomic mass is 16.2. The highest BCUT2D eigenvalue weighted by molar-refractivity contribution is 5.94. The van der Waals surface area contributed by atoms with Gasteiger partial charge in [0.2, 0.25) is 5.91 Å². The highest BCUT2D eigenvalue weighted by Gasteiger charge is 2.32. The Morgan fingerprint density at radius 1 is 1.06 bits per heavy atom. The summed E-state index contributed by atoms with van der Waals surface area (Å²) in [4.78, 5) is 30.1. The number of carbonyl (C=O) groups excluding carboxylic acids is 2. The molecule has 2 amide bonds. The van der Waals surface area contributed by atoms with E-state index in [1.165, 1.54) is 12.1 Å². The molecule has 2 aromatic rings. The first-order chi connectivity index (χ1) is 15.6. The summed E-state index contributed by atoms with van der Waals surface area (Å²) in [6, 6.07) is 10.1. The predicted octanol–water partition coefficient (Wildman–Crippen LogP) is 4.25. The maximum absolute atomic E-state index is 13.5. The molecular formula is C26H36N4O2. The first-order valence-corrected chi connectivity index (χ1v) is 12.3. The number of amides is 2. The zero-order valence-corrected chi connectivity index (χ0v) is 19.6. The van der Waals surface area contributed by atoms with Crippen LogP contribution >= 0.6 is 0 Å². The van der Waals surface area contributed by atoms with Crippen LogP contribution in [0.15, 0.2) is 30.3 Å². The average Bonchev–Trinajstić information content (AvgIpc) is 3.02. The van der Waals surface area contributed by atoms with Gasteiger partial charge >= 0.3 is 0 Å².